The summed E-state index contributed by atoms with van der Waals surface area (Å²) in [4.78, 5) is 42.5. The molecule has 0 bridgehead atoms. The zero-order chi connectivity index (χ0) is 21.7. The van der Waals surface area contributed by atoms with Crippen molar-refractivity contribution in [2.24, 2.45) is 0 Å². The molecule has 1 amide bonds. The fourth-order valence-corrected chi connectivity index (χ4v) is 3.93. The van der Waals surface area contributed by atoms with Gasteiger partial charge in [-0.15, -0.1) is 0 Å². The van der Waals surface area contributed by atoms with E-state index in [2.05, 4.69) is 0 Å². The number of nitrogens with zero attached hydrogens (tertiary/aromatic N) is 2. The van der Waals surface area contributed by atoms with Crippen LogP contribution in [0.3, 0.4) is 0 Å². The number of carbonyl (C=O) groups is 3. The number of carbonyl (C=O) groups excluding carboxylic acids is 1. The Balaban J connectivity index is 2.18. The molecule has 0 radical (unpaired) electrons. The van der Waals surface area contributed by atoms with Crippen LogP contribution in [0.15, 0.2) is 18.2 Å². The van der Waals surface area contributed by atoms with E-state index in [0.29, 0.717) is 16.2 Å². The Morgan fingerprint density at radius 2 is 1.93 bits per heavy atom. The summed E-state index contributed by atoms with van der Waals surface area (Å²) in [5.41, 5.74) is -1.99. The molecular weight excluding hydrogens is 408 g/mol. The second-order valence-electron chi connectivity index (χ2n) is 7.80. The Morgan fingerprint density at radius 3 is 2.48 bits per heavy atom. The third kappa shape index (κ3) is 3.53. The van der Waals surface area contributed by atoms with Crippen molar-refractivity contribution in [3.05, 3.63) is 28.8 Å². The van der Waals surface area contributed by atoms with Gasteiger partial charge in [0.25, 0.3) is 0 Å². The second-order valence-corrected chi connectivity index (χ2v) is 8.20. The highest BCUT2D eigenvalue weighted by molar-refractivity contribution is 6.33. The number of amides is 1. The molecule has 2 N–H and O–H groups in total. The molecule has 11 heteroatoms. The van der Waals surface area contributed by atoms with Gasteiger partial charge >= 0.3 is 18.2 Å². The summed E-state index contributed by atoms with van der Waals surface area (Å²) < 4.78 is 10.9. The van der Waals surface area contributed by atoms with Crippen molar-refractivity contribution < 1.29 is 38.9 Å². The third-order valence-electron chi connectivity index (χ3n) is 4.66. The van der Waals surface area contributed by atoms with Gasteiger partial charge in [0, 0.05) is 19.0 Å². The first kappa shape index (κ1) is 21.0. The van der Waals surface area contributed by atoms with Gasteiger partial charge in [0.05, 0.1) is 10.7 Å². The van der Waals surface area contributed by atoms with Crippen LogP contribution in [-0.2, 0) is 24.7 Å². The number of carboxylic acids is 1. The predicted octanol–water partition coefficient (Wildman–Crippen LogP) is 3.03. The molecule has 2 aliphatic rings. The zero-order valence-electron chi connectivity index (χ0n) is 16.2. The molecule has 158 valence electrons. The summed E-state index contributed by atoms with van der Waals surface area (Å²) in [7, 11) is 1.50. The number of ether oxygens (including phenoxy) is 2. The number of hydrogen-bond donors (Lipinski definition) is 2. The Bertz CT molecular complexity index is 870. The zero-order valence-corrected chi connectivity index (χ0v) is 17.0. The number of fused-ring (bicyclic) bond motifs is 3. The normalized spacial score (nSPS) is 25.8. The first-order valence-corrected chi connectivity index (χ1v) is 9.11. The summed E-state index contributed by atoms with van der Waals surface area (Å²) in [6, 6.07) is 3.25. The molecule has 0 aliphatic carbocycles. The molecule has 0 saturated carbocycles. The van der Waals surface area contributed by atoms with Crippen molar-refractivity contribution >= 4 is 35.5 Å². The third-order valence-corrected chi connectivity index (χ3v) is 4.97. The highest BCUT2D eigenvalue weighted by Gasteiger charge is 2.65. The van der Waals surface area contributed by atoms with Gasteiger partial charge in [-0.1, -0.05) is 23.7 Å². The lowest BCUT2D eigenvalue weighted by molar-refractivity contribution is -0.172. The SMILES string of the molecule is CN1OC2N(C(=O)O)C(C(=O)O)CC2(OC(=O)OC(C)(C)C)c2cccc(Cl)c21. The van der Waals surface area contributed by atoms with Gasteiger partial charge < -0.3 is 19.7 Å². The molecule has 29 heavy (non-hydrogen) atoms. The van der Waals surface area contributed by atoms with Crippen LogP contribution in [-0.4, -0.2) is 58.2 Å². The summed E-state index contributed by atoms with van der Waals surface area (Å²) in [5.74, 6) is -1.40. The van der Waals surface area contributed by atoms with Crippen LogP contribution in [0.1, 0.15) is 32.8 Å². The van der Waals surface area contributed by atoms with Gasteiger partial charge in [0.15, 0.2) is 5.60 Å². The number of rotatable bonds is 2. The topological polar surface area (TPSA) is 126 Å². The van der Waals surface area contributed by atoms with E-state index in [-0.39, 0.29) is 11.4 Å². The lowest BCUT2D eigenvalue weighted by Gasteiger charge is -2.44. The molecule has 3 rings (SSSR count). The van der Waals surface area contributed by atoms with E-state index in [1.807, 2.05) is 0 Å². The van der Waals surface area contributed by atoms with E-state index >= 15 is 0 Å². The van der Waals surface area contributed by atoms with Crippen LogP contribution in [0, 0.1) is 0 Å². The minimum Gasteiger partial charge on any atom is -0.480 e. The van der Waals surface area contributed by atoms with Crippen LogP contribution in [0.25, 0.3) is 0 Å². The molecule has 1 fully saturated rings. The first-order valence-electron chi connectivity index (χ1n) is 8.73. The fraction of sp³-hybridized carbons (Fsp3) is 0.500. The summed E-state index contributed by atoms with van der Waals surface area (Å²) in [5, 5.41) is 20.8. The number of aliphatic carboxylic acids is 1. The molecule has 2 heterocycles. The van der Waals surface area contributed by atoms with E-state index in [4.69, 9.17) is 25.9 Å². The van der Waals surface area contributed by atoms with E-state index in [1.165, 1.54) is 12.1 Å². The summed E-state index contributed by atoms with van der Waals surface area (Å²) in [6.07, 6.45) is -4.45. The Morgan fingerprint density at radius 1 is 1.28 bits per heavy atom. The van der Waals surface area contributed by atoms with Crippen molar-refractivity contribution in [1.29, 1.82) is 0 Å². The average molecular weight is 429 g/mol. The molecule has 1 saturated heterocycles. The largest absolute Gasteiger partial charge is 0.509 e. The number of anilines is 1. The number of benzene rings is 1. The lowest BCUT2D eigenvalue weighted by atomic mass is 9.87. The number of para-hydroxylation sites is 1. The molecule has 0 aromatic heterocycles. The number of hydroxylamine groups is 1. The lowest BCUT2D eigenvalue weighted by Crippen LogP contribution is -2.56. The highest BCUT2D eigenvalue weighted by Crippen LogP contribution is 2.53. The molecule has 1 aromatic carbocycles. The number of carboxylic acid groups (broad SMARTS) is 2. The van der Waals surface area contributed by atoms with Crippen molar-refractivity contribution in [3.63, 3.8) is 0 Å². The summed E-state index contributed by atoms with van der Waals surface area (Å²) in [6.45, 7) is 4.91. The van der Waals surface area contributed by atoms with Gasteiger partial charge in [-0.3, -0.25) is 9.96 Å². The van der Waals surface area contributed by atoms with Crippen molar-refractivity contribution in [3.8, 4) is 0 Å². The molecule has 1 aromatic rings. The fourth-order valence-electron chi connectivity index (χ4n) is 3.64. The van der Waals surface area contributed by atoms with Crippen molar-refractivity contribution in [2.45, 2.75) is 50.7 Å². The van der Waals surface area contributed by atoms with Crippen LogP contribution in [0.5, 0.6) is 0 Å². The minimum absolute atomic E-state index is 0.260. The van der Waals surface area contributed by atoms with Crippen molar-refractivity contribution in [2.75, 3.05) is 12.1 Å². The molecule has 3 unspecified atom stereocenters. The Kier molecular flexibility index (Phi) is 5.04. The summed E-state index contributed by atoms with van der Waals surface area (Å²) >= 11 is 6.29. The minimum atomic E-state index is -1.77. The van der Waals surface area contributed by atoms with Crippen LogP contribution in [0.2, 0.25) is 5.02 Å². The number of halogens is 1. The molecule has 2 aliphatic heterocycles. The van der Waals surface area contributed by atoms with Crippen LogP contribution < -0.4 is 5.06 Å². The maximum atomic E-state index is 12.5. The standard InChI is InChI=1S/C18H21ClN2O8/c1-17(2,3)27-16(26)28-18-8-11(13(22)23)21(15(24)25)14(18)29-20(4)12-9(18)6-5-7-10(12)19/h5-7,11,14H,8H2,1-4H3,(H,22,23)(H,24,25). The maximum Gasteiger partial charge on any atom is 0.509 e. The first-order chi connectivity index (χ1) is 13.4. The van der Waals surface area contributed by atoms with Crippen LogP contribution >= 0.6 is 11.6 Å². The van der Waals surface area contributed by atoms with Gasteiger partial charge in [-0.05, 0) is 26.8 Å². The van der Waals surface area contributed by atoms with E-state index < -0.39 is 41.7 Å². The number of likely N-dealkylation sites (tertiary alicyclic amines) is 1. The van der Waals surface area contributed by atoms with Gasteiger partial charge in [0.1, 0.15) is 11.6 Å². The van der Waals surface area contributed by atoms with Crippen LogP contribution in [0.4, 0.5) is 15.3 Å². The van der Waals surface area contributed by atoms with Gasteiger partial charge in [-0.2, -0.15) is 0 Å². The molecule has 10 nitrogen and oxygen atoms in total. The molecule has 0 spiro atoms. The van der Waals surface area contributed by atoms with E-state index in [1.54, 1.807) is 39.0 Å². The van der Waals surface area contributed by atoms with E-state index in [9.17, 15) is 24.6 Å². The van der Waals surface area contributed by atoms with Gasteiger partial charge in [-0.25, -0.2) is 19.2 Å². The van der Waals surface area contributed by atoms with Crippen molar-refractivity contribution in [1.82, 2.24) is 4.90 Å². The highest BCUT2D eigenvalue weighted by atomic mass is 35.5. The predicted molar refractivity (Wildman–Crippen MR) is 99.6 cm³/mol. The smallest absolute Gasteiger partial charge is 0.480 e. The van der Waals surface area contributed by atoms with Gasteiger partial charge in [0.2, 0.25) is 6.23 Å². The molecular formula is C18H21ClN2O8. The maximum absolute atomic E-state index is 12.5. The number of hydrogen-bond acceptors (Lipinski definition) is 7. The quantitative estimate of drug-likeness (QED) is 0.683. The van der Waals surface area contributed by atoms with E-state index in [0.717, 1.165) is 0 Å². The molecule has 3 atom stereocenters. The second kappa shape index (κ2) is 6.96. The Hall–Kier alpha value is -2.72. The Labute approximate surface area is 171 Å². The monoisotopic (exact) mass is 428 g/mol. The average Bonchev–Trinajstić information content (AvgIpc) is 2.88.